The van der Waals surface area contributed by atoms with Crippen LogP contribution >= 0.6 is 11.6 Å². The average molecular weight is 662 g/mol. The molecule has 3 aromatic rings. The van der Waals surface area contributed by atoms with E-state index in [0.717, 1.165) is 23.3 Å². The predicted octanol–water partition coefficient (Wildman–Crippen LogP) is 5.75. The first-order chi connectivity index (χ1) is 22.0. The van der Waals surface area contributed by atoms with E-state index in [9.17, 15) is 27.2 Å². The summed E-state index contributed by atoms with van der Waals surface area (Å²) in [4.78, 5) is 33.6. The van der Waals surface area contributed by atoms with E-state index in [1.165, 1.54) is 17.0 Å². The average Bonchev–Trinajstić information content (AvgIpc) is 3.03. The van der Waals surface area contributed by atoms with Gasteiger partial charge in [0.1, 0.15) is 11.6 Å². The number of benzene rings is 3. The molecule has 8 nitrogen and oxygen atoms in total. The molecule has 246 valence electrons. The summed E-state index contributed by atoms with van der Waals surface area (Å²) < 4.78 is 60.1. The molecule has 5 rings (SSSR count). The standard InChI is InChI=1S/C33H36ClF4N5O3/c1-21-17-43(22(2)16-42(21)18-23-3-6-26(35)7-4-23)30(44)20-46-29-10-5-25(34)15-24(29)19-40-11-13-41(14-12-40)33(45)39-28-9-8-27(36)31(37)32(28)38/h3-10,15,21-22H,11-14,16-20H2,1-2H3,(H,39,45)/t21-,22+/m0/s1. The molecule has 0 radical (unpaired) electrons. The first-order valence-corrected chi connectivity index (χ1v) is 15.5. The summed E-state index contributed by atoms with van der Waals surface area (Å²) >= 11 is 6.29. The second kappa shape index (κ2) is 14.7. The van der Waals surface area contributed by atoms with Gasteiger partial charge in [0, 0.05) is 75.0 Å². The van der Waals surface area contributed by atoms with Crippen LogP contribution in [0.15, 0.2) is 54.6 Å². The number of urea groups is 1. The molecular weight excluding hydrogens is 626 g/mol. The Labute approximate surface area is 270 Å². The molecule has 46 heavy (non-hydrogen) atoms. The molecule has 0 unspecified atom stereocenters. The van der Waals surface area contributed by atoms with Crippen molar-refractivity contribution in [3.8, 4) is 5.75 Å². The summed E-state index contributed by atoms with van der Waals surface area (Å²) in [5.74, 6) is -4.29. The van der Waals surface area contributed by atoms with Gasteiger partial charge in [-0.3, -0.25) is 14.6 Å². The lowest BCUT2D eigenvalue weighted by Gasteiger charge is -2.44. The fourth-order valence-corrected chi connectivity index (χ4v) is 5.99. The van der Waals surface area contributed by atoms with Crippen LogP contribution in [-0.2, 0) is 17.9 Å². The summed E-state index contributed by atoms with van der Waals surface area (Å²) in [6.45, 7) is 7.86. The molecule has 0 aromatic heterocycles. The third-order valence-corrected chi connectivity index (χ3v) is 8.67. The lowest BCUT2D eigenvalue weighted by Crippen LogP contribution is -2.58. The van der Waals surface area contributed by atoms with Crippen molar-refractivity contribution in [3.63, 3.8) is 0 Å². The molecular formula is C33H36ClF4N5O3. The number of carbonyl (C=O) groups is 2. The maximum atomic E-state index is 14.0. The maximum Gasteiger partial charge on any atom is 0.322 e. The van der Waals surface area contributed by atoms with Crippen LogP contribution in [0.2, 0.25) is 5.02 Å². The Morgan fingerprint density at radius 3 is 2.30 bits per heavy atom. The number of carbonyl (C=O) groups excluding carboxylic acids is 2. The summed E-state index contributed by atoms with van der Waals surface area (Å²) in [5.41, 5.74) is 1.37. The molecule has 3 amide bonds. The lowest BCUT2D eigenvalue weighted by molar-refractivity contribution is -0.139. The van der Waals surface area contributed by atoms with E-state index < -0.39 is 29.2 Å². The van der Waals surface area contributed by atoms with E-state index in [-0.39, 0.29) is 30.4 Å². The summed E-state index contributed by atoms with van der Waals surface area (Å²) in [7, 11) is 0. The number of hydrogen-bond donors (Lipinski definition) is 1. The largest absolute Gasteiger partial charge is 0.483 e. The highest BCUT2D eigenvalue weighted by Gasteiger charge is 2.32. The van der Waals surface area contributed by atoms with E-state index >= 15 is 0 Å². The van der Waals surface area contributed by atoms with E-state index in [0.29, 0.717) is 63.1 Å². The highest BCUT2D eigenvalue weighted by atomic mass is 35.5. The smallest absolute Gasteiger partial charge is 0.322 e. The van der Waals surface area contributed by atoms with Gasteiger partial charge in [-0.1, -0.05) is 23.7 Å². The number of anilines is 1. The highest BCUT2D eigenvalue weighted by Crippen LogP contribution is 2.26. The second-order valence-corrected chi connectivity index (χ2v) is 12.2. The Bertz CT molecular complexity index is 1550. The first-order valence-electron chi connectivity index (χ1n) is 15.1. The lowest BCUT2D eigenvalue weighted by atomic mass is 10.1. The van der Waals surface area contributed by atoms with Crippen LogP contribution in [0.25, 0.3) is 0 Å². The number of ether oxygens (including phenoxy) is 1. The second-order valence-electron chi connectivity index (χ2n) is 11.8. The number of amides is 3. The Morgan fingerprint density at radius 1 is 0.870 bits per heavy atom. The van der Waals surface area contributed by atoms with Gasteiger partial charge in [-0.25, -0.2) is 22.4 Å². The molecule has 2 aliphatic heterocycles. The van der Waals surface area contributed by atoms with E-state index in [1.54, 1.807) is 30.3 Å². The Hall–Kier alpha value is -3.87. The SMILES string of the molecule is C[C@@H]1CN(Cc2ccc(F)cc2)[C@@H](C)CN1C(=O)COc1ccc(Cl)cc1CN1CCN(C(=O)Nc2ccc(F)c(F)c2F)CC1. The number of nitrogens with one attached hydrogen (secondary N) is 1. The monoisotopic (exact) mass is 661 g/mol. The molecule has 0 saturated carbocycles. The van der Waals surface area contributed by atoms with Crippen molar-refractivity contribution in [3.05, 3.63) is 94.0 Å². The van der Waals surface area contributed by atoms with Crippen LogP contribution in [-0.4, -0.2) is 89.5 Å². The van der Waals surface area contributed by atoms with E-state index in [4.69, 9.17) is 16.3 Å². The molecule has 2 aliphatic rings. The zero-order valence-corrected chi connectivity index (χ0v) is 26.4. The number of piperazine rings is 2. The van der Waals surface area contributed by atoms with Gasteiger partial charge in [0.2, 0.25) is 0 Å². The van der Waals surface area contributed by atoms with Crippen LogP contribution in [0.4, 0.5) is 28.0 Å². The normalized spacial score (nSPS) is 19.3. The van der Waals surface area contributed by atoms with Crippen LogP contribution in [0, 0.1) is 23.3 Å². The summed E-state index contributed by atoms with van der Waals surface area (Å²) in [6, 6.07) is 12.9. The minimum atomic E-state index is -1.64. The Kier molecular flexibility index (Phi) is 10.7. The highest BCUT2D eigenvalue weighted by molar-refractivity contribution is 6.30. The minimum absolute atomic E-state index is 0.0375. The van der Waals surface area contributed by atoms with Gasteiger partial charge in [0.05, 0.1) is 5.69 Å². The van der Waals surface area contributed by atoms with Gasteiger partial charge in [-0.2, -0.15) is 0 Å². The van der Waals surface area contributed by atoms with Crippen molar-refractivity contribution in [2.75, 3.05) is 51.2 Å². The summed E-state index contributed by atoms with van der Waals surface area (Å²) in [6.07, 6.45) is 0. The molecule has 13 heteroatoms. The van der Waals surface area contributed by atoms with Crippen molar-refractivity contribution in [2.24, 2.45) is 0 Å². The topological polar surface area (TPSA) is 68.4 Å². The van der Waals surface area contributed by atoms with E-state index in [2.05, 4.69) is 22.0 Å². The molecule has 2 fully saturated rings. The number of halogens is 5. The number of rotatable bonds is 8. The molecule has 0 spiro atoms. The van der Waals surface area contributed by atoms with E-state index in [1.807, 2.05) is 11.8 Å². The molecule has 1 N–H and O–H groups in total. The predicted molar refractivity (Wildman–Crippen MR) is 167 cm³/mol. The van der Waals surface area contributed by atoms with Gasteiger partial charge in [-0.15, -0.1) is 0 Å². The molecule has 3 aromatic carbocycles. The Morgan fingerprint density at radius 2 is 1.59 bits per heavy atom. The van der Waals surface area contributed by atoms with Crippen LogP contribution in [0.3, 0.4) is 0 Å². The molecule has 2 saturated heterocycles. The fraction of sp³-hybridized carbons (Fsp3) is 0.394. The van der Waals surface area contributed by atoms with Crippen LogP contribution in [0.5, 0.6) is 5.75 Å². The third kappa shape index (κ3) is 8.09. The van der Waals surface area contributed by atoms with Crippen molar-refractivity contribution in [1.82, 2.24) is 19.6 Å². The van der Waals surface area contributed by atoms with Crippen molar-refractivity contribution in [1.29, 1.82) is 0 Å². The summed E-state index contributed by atoms with van der Waals surface area (Å²) in [5, 5.41) is 2.82. The molecule has 0 bridgehead atoms. The van der Waals surface area contributed by atoms with Crippen LogP contribution < -0.4 is 10.1 Å². The minimum Gasteiger partial charge on any atom is -0.483 e. The zero-order valence-electron chi connectivity index (χ0n) is 25.6. The first kappa shape index (κ1) is 33.5. The third-order valence-electron chi connectivity index (χ3n) is 8.44. The zero-order chi connectivity index (χ0) is 33.0. The quantitative estimate of drug-likeness (QED) is 0.246. The number of nitrogens with zero attached hydrogens (tertiary/aromatic N) is 4. The van der Waals surface area contributed by atoms with Crippen molar-refractivity contribution >= 4 is 29.2 Å². The van der Waals surface area contributed by atoms with Crippen molar-refractivity contribution in [2.45, 2.75) is 39.0 Å². The maximum absolute atomic E-state index is 14.0. The van der Waals surface area contributed by atoms with Gasteiger partial charge in [-0.05, 0) is 61.9 Å². The van der Waals surface area contributed by atoms with Crippen molar-refractivity contribution < 1.29 is 31.9 Å². The van der Waals surface area contributed by atoms with Gasteiger partial charge >= 0.3 is 6.03 Å². The van der Waals surface area contributed by atoms with Gasteiger partial charge < -0.3 is 19.9 Å². The molecule has 0 aliphatic carbocycles. The molecule has 2 atom stereocenters. The Balaban J connectivity index is 1.12. The fourth-order valence-electron chi connectivity index (χ4n) is 5.79. The van der Waals surface area contributed by atoms with Gasteiger partial charge in [0.25, 0.3) is 5.91 Å². The number of hydrogen-bond acceptors (Lipinski definition) is 5. The molecule has 2 heterocycles. The van der Waals surface area contributed by atoms with Crippen LogP contribution in [0.1, 0.15) is 25.0 Å². The van der Waals surface area contributed by atoms with Gasteiger partial charge in [0.15, 0.2) is 24.1 Å².